The smallest absolute Gasteiger partial charge is 0.274 e. The number of imidazole rings is 1. The van der Waals surface area contributed by atoms with Gasteiger partial charge in [0.15, 0.2) is 0 Å². The van der Waals surface area contributed by atoms with Crippen molar-refractivity contribution in [3.8, 4) is 0 Å². The second-order valence-corrected chi connectivity index (χ2v) is 3.35. The lowest BCUT2D eigenvalue weighted by Crippen LogP contribution is -2.17. The number of carbonyl (C=O) groups is 1. The molecule has 1 heterocycles. The minimum atomic E-state index is -1.62. The van der Waals surface area contributed by atoms with Gasteiger partial charge in [-0.25, -0.2) is 4.57 Å². The zero-order valence-corrected chi connectivity index (χ0v) is 8.53. The van der Waals surface area contributed by atoms with E-state index >= 15 is 0 Å². The molecule has 0 aliphatic carbocycles. The Bertz CT molecular complexity index is 551. The van der Waals surface area contributed by atoms with Gasteiger partial charge in [0.25, 0.3) is 11.9 Å². The predicted molar refractivity (Wildman–Crippen MR) is 52.9 cm³/mol. The van der Waals surface area contributed by atoms with E-state index < -0.39 is 23.9 Å². The average molecular weight is 240 g/mol. The van der Waals surface area contributed by atoms with Gasteiger partial charge in [-0.2, -0.15) is 18.2 Å². The van der Waals surface area contributed by atoms with E-state index in [4.69, 9.17) is 0 Å². The fourth-order valence-corrected chi connectivity index (χ4v) is 1.41. The first-order chi connectivity index (χ1) is 8.09. The van der Waals surface area contributed by atoms with Crippen LogP contribution in [0.1, 0.15) is 10.4 Å². The largest absolute Gasteiger partial charge is 0.301 e. The van der Waals surface area contributed by atoms with Gasteiger partial charge in [0, 0.05) is 0 Å². The van der Waals surface area contributed by atoms with Crippen molar-refractivity contribution in [2.75, 3.05) is 0 Å². The van der Waals surface area contributed by atoms with Gasteiger partial charge >= 0.3 is 6.08 Å². The Kier molecular flexibility index (Phi) is 2.95. The molecule has 1 aromatic carbocycles. The molecule has 2 rings (SSSR count). The van der Waals surface area contributed by atoms with Crippen LogP contribution in [0.3, 0.4) is 0 Å². The lowest BCUT2D eigenvalue weighted by atomic mass is 10.1. The minimum absolute atomic E-state index is 0.0116. The van der Waals surface area contributed by atoms with E-state index in [-0.39, 0.29) is 11.0 Å². The molecule has 0 bridgehead atoms. The van der Waals surface area contributed by atoms with E-state index in [0.717, 1.165) is 0 Å². The fourth-order valence-electron chi connectivity index (χ4n) is 1.41. The van der Waals surface area contributed by atoms with Crippen LogP contribution in [0.25, 0.3) is 0 Å². The van der Waals surface area contributed by atoms with Crippen molar-refractivity contribution in [3.05, 3.63) is 53.9 Å². The Labute approximate surface area is 94.5 Å². The highest BCUT2D eigenvalue weighted by molar-refractivity contribution is 5.81. The fraction of sp³-hybridized carbons (Fsp3) is 0.0909. The monoisotopic (exact) mass is 240 g/mol. The summed E-state index contributed by atoms with van der Waals surface area (Å²) >= 11 is 0. The number of hydrogen-bond acceptors (Lipinski definition) is 2. The quantitative estimate of drug-likeness (QED) is 0.806. The van der Waals surface area contributed by atoms with Gasteiger partial charge in [0.05, 0.1) is 6.42 Å². The second kappa shape index (κ2) is 4.40. The van der Waals surface area contributed by atoms with E-state index in [1.807, 2.05) is 0 Å². The molecule has 0 atom stereocenters. The Morgan fingerprint density at radius 1 is 1.18 bits per heavy atom. The van der Waals surface area contributed by atoms with Crippen molar-refractivity contribution < 1.29 is 18.0 Å². The average Bonchev–Trinajstić information content (AvgIpc) is 2.54. The van der Waals surface area contributed by atoms with Gasteiger partial charge in [-0.15, -0.1) is 0 Å². The molecule has 0 saturated carbocycles. The van der Waals surface area contributed by atoms with Crippen LogP contribution in [-0.4, -0.2) is 15.5 Å². The molecule has 0 saturated heterocycles. The number of benzene rings is 1. The van der Waals surface area contributed by atoms with Gasteiger partial charge < -0.3 is 0 Å². The van der Waals surface area contributed by atoms with E-state index in [9.17, 15) is 18.0 Å². The summed E-state index contributed by atoms with van der Waals surface area (Å²) in [5.74, 6) is -4.14. The molecule has 0 fully saturated rings. The van der Waals surface area contributed by atoms with Gasteiger partial charge in [-0.05, 0) is 5.56 Å². The van der Waals surface area contributed by atoms with Gasteiger partial charge in [0.2, 0.25) is 5.91 Å². The first-order valence-corrected chi connectivity index (χ1v) is 4.76. The highest BCUT2D eigenvalue weighted by Gasteiger charge is 2.22. The molecule has 0 aliphatic rings. The molecule has 0 unspecified atom stereocenters. The van der Waals surface area contributed by atoms with Crippen molar-refractivity contribution >= 4 is 5.91 Å². The number of halogens is 3. The zero-order valence-electron chi connectivity index (χ0n) is 8.53. The lowest BCUT2D eigenvalue weighted by Gasteiger charge is -2.02. The van der Waals surface area contributed by atoms with E-state index in [1.54, 1.807) is 30.3 Å². The number of hydrogen-bond donors (Lipinski definition) is 0. The van der Waals surface area contributed by atoms with Crippen LogP contribution in [0.4, 0.5) is 13.2 Å². The Morgan fingerprint density at radius 3 is 2.35 bits per heavy atom. The summed E-state index contributed by atoms with van der Waals surface area (Å²) < 4.78 is 38.6. The third-order valence-electron chi connectivity index (χ3n) is 2.19. The molecule has 0 amide bonds. The van der Waals surface area contributed by atoms with Crippen LogP contribution in [0.5, 0.6) is 0 Å². The lowest BCUT2D eigenvalue weighted by molar-refractivity contribution is 0.0882. The highest BCUT2D eigenvalue weighted by atomic mass is 19.2. The molecule has 88 valence electrons. The molecule has 3 nitrogen and oxygen atoms in total. The molecular weight excluding hydrogens is 233 g/mol. The molecule has 0 spiro atoms. The number of aromatic nitrogens is 2. The first kappa shape index (κ1) is 11.4. The van der Waals surface area contributed by atoms with Gasteiger partial charge in [-0.1, -0.05) is 30.3 Å². The van der Waals surface area contributed by atoms with E-state index in [1.165, 1.54) is 0 Å². The van der Waals surface area contributed by atoms with Crippen molar-refractivity contribution in [2.45, 2.75) is 6.42 Å². The maximum Gasteiger partial charge on any atom is 0.301 e. The van der Waals surface area contributed by atoms with Crippen LogP contribution < -0.4 is 0 Å². The molecule has 0 aliphatic heterocycles. The van der Waals surface area contributed by atoms with Crippen LogP contribution >= 0.6 is 0 Å². The Morgan fingerprint density at radius 2 is 1.82 bits per heavy atom. The number of carbonyl (C=O) groups excluding carboxylic acids is 1. The normalized spacial score (nSPS) is 10.5. The summed E-state index contributed by atoms with van der Waals surface area (Å²) in [5, 5.41) is 0. The van der Waals surface area contributed by atoms with E-state index in [2.05, 4.69) is 4.98 Å². The van der Waals surface area contributed by atoms with E-state index in [0.29, 0.717) is 5.56 Å². The maximum absolute atomic E-state index is 13.0. The molecule has 0 radical (unpaired) electrons. The third kappa shape index (κ3) is 2.20. The first-order valence-electron chi connectivity index (χ1n) is 4.76. The van der Waals surface area contributed by atoms with Crippen LogP contribution in [0.2, 0.25) is 0 Å². The van der Waals surface area contributed by atoms with Gasteiger partial charge in [0.1, 0.15) is 0 Å². The zero-order chi connectivity index (χ0) is 12.4. The minimum Gasteiger partial charge on any atom is -0.274 e. The standard InChI is InChI=1S/C11H7F3N2O/c12-9-10(13)16(11(14)15-9)8(17)6-7-4-2-1-3-5-7/h1-5H,6H2. The molecule has 6 heteroatoms. The summed E-state index contributed by atoms with van der Waals surface area (Å²) in [6.45, 7) is 0. The van der Waals surface area contributed by atoms with Crippen molar-refractivity contribution in [2.24, 2.45) is 0 Å². The molecule has 2 aromatic rings. The van der Waals surface area contributed by atoms with Crippen LogP contribution in [0, 0.1) is 18.0 Å². The topological polar surface area (TPSA) is 34.9 Å². The molecule has 0 N–H and O–H groups in total. The highest BCUT2D eigenvalue weighted by Crippen LogP contribution is 2.10. The number of rotatable bonds is 2. The van der Waals surface area contributed by atoms with Crippen LogP contribution in [-0.2, 0) is 6.42 Å². The number of nitrogens with zero attached hydrogens (tertiary/aromatic N) is 2. The molecule has 1 aromatic heterocycles. The summed E-state index contributed by atoms with van der Waals surface area (Å²) in [4.78, 5) is 14.2. The second-order valence-electron chi connectivity index (χ2n) is 3.35. The summed E-state index contributed by atoms with van der Waals surface area (Å²) in [5.41, 5.74) is 0.574. The summed E-state index contributed by atoms with van der Waals surface area (Å²) in [7, 11) is 0. The molecule has 17 heavy (non-hydrogen) atoms. The SMILES string of the molecule is O=C(Cc1ccccc1)n1c(F)nc(F)c1F. The van der Waals surface area contributed by atoms with Crippen molar-refractivity contribution in [1.82, 2.24) is 9.55 Å². The summed E-state index contributed by atoms with van der Waals surface area (Å²) in [6, 6.07) is 8.36. The third-order valence-corrected chi connectivity index (χ3v) is 2.19. The Hall–Kier alpha value is -2.11. The summed E-state index contributed by atoms with van der Waals surface area (Å²) in [6.07, 6.45) is -1.72. The van der Waals surface area contributed by atoms with Crippen molar-refractivity contribution in [1.29, 1.82) is 0 Å². The maximum atomic E-state index is 13.0. The van der Waals surface area contributed by atoms with Crippen molar-refractivity contribution in [3.63, 3.8) is 0 Å². The molecular formula is C11H7F3N2O. The Balaban J connectivity index is 2.27. The van der Waals surface area contributed by atoms with Crippen LogP contribution in [0.15, 0.2) is 30.3 Å². The predicted octanol–water partition coefficient (Wildman–Crippen LogP) is 2.18. The van der Waals surface area contributed by atoms with Gasteiger partial charge in [-0.3, -0.25) is 4.79 Å².